The lowest BCUT2D eigenvalue weighted by Crippen LogP contribution is -2.52. The van der Waals surface area contributed by atoms with E-state index in [0.29, 0.717) is 155 Å². The Hall–Kier alpha value is -7.04. The van der Waals surface area contributed by atoms with E-state index in [2.05, 4.69) is 25.7 Å². The van der Waals surface area contributed by atoms with Crippen molar-refractivity contribution in [2.75, 3.05) is 72.6 Å². The molecule has 1 atom stereocenters. The highest BCUT2D eigenvalue weighted by atomic mass is 35.5. The molecule has 2 aliphatic rings. The molecule has 8 rings (SSSR count). The summed E-state index contributed by atoms with van der Waals surface area (Å²) in [7, 11) is 0. The Balaban J connectivity index is 0.000000307. The number of imidazole rings is 1. The van der Waals surface area contributed by atoms with Crippen LogP contribution in [-0.2, 0) is 58.9 Å². The number of ether oxygens (including phenoxy) is 6. The van der Waals surface area contributed by atoms with E-state index in [0.717, 1.165) is 23.3 Å². The number of benzene rings is 4. The van der Waals surface area contributed by atoms with Gasteiger partial charge in [-0.25, -0.2) is 4.98 Å². The van der Waals surface area contributed by atoms with Crippen LogP contribution in [0, 0.1) is 0 Å². The van der Waals surface area contributed by atoms with Gasteiger partial charge in [0.05, 0.1) is 81.8 Å². The van der Waals surface area contributed by atoms with Crippen LogP contribution in [0.5, 0.6) is 11.5 Å². The Bertz CT molecular complexity index is 2870. The van der Waals surface area contributed by atoms with Crippen molar-refractivity contribution in [3.8, 4) is 28.7 Å². The number of aromatic amines is 2. The molecule has 0 bridgehead atoms. The molecular weight excluding hydrogens is 979 g/mol. The molecule has 18 nitrogen and oxygen atoms in total. The number of rotatable bonds is 25. The summed E-state index contributed by atoms with van der Waals surface area (Å²) in [6, 6.07) is 22.0. The van der Waals surface area contributed by atoms with Gasteiger partial charge in [-0.1, -0.05) is 35.9 Å². The fourth-order valence-corrected chi connectivity index (χ4v) is 8.16. The molecule has 0 spiro atoms. The molecule has 4 amide bonds. The number of nitrogens with zero attached hydrogens (tertiary/aromatic N) is 3. The first-order valence-corrected chi connectivity index (χ1v) is 24.0. The van der Waals surface area contributed by atoms with Gasteiger partial charge < -0.3 is 43.6 Å². The largest absolute Gasteiger partial charge is 0.494 e. The third-order valence-electron chi connectivity index (χ3n) is 11.6. The van der Waals surface area contributed by atoms with E-state index in [1.165, 1.54) is 21.7 Å². The van der Waals surface area contributed by atoms with Crippen LogP contribution in [-0.4, -0.2) is 127 Å². The molecule has 4 heterocycles. The minimum absolute atomic E-state index is 0.164. The van der Waals surface area contributed by atoms with Crippen molar-refractivity contribution < 1.29 is 60.8 Å². The second kappa shape index (κ2) is 26.1. The number of aryl methyl sites for hydroxylation is 1. The number of carbonyl (C=O) groups excluding carboxylic acids is 4. The normalized spacial score (nSPS) is 14.5. The molecule has 1 unspecified atom stereocenters. The van der Waals surface area contributed by atoms with E-state index in [1.54, 1.807) is 30.3 Å². The van der Waals surface area contributed by atoms with Crippen LogP contribution in [0.15, 0.2) is 89.7 Å². The lowest BCUT2D eigenvalue weighted by atomic mass is 10.0. The quantitative estimate of drug-likeness (QED) is 0.0286. The predicted molar refractivity (Wildman–Crippen MR) is 262 cm³/mol. The van der Waals surface area contributed by atoms with Crippen molar-refractivity contribution in [3.63, 3.8) is 0 Å². The van der Waals surface area contributed by atoms with Gasteiger partial charge in [-0.05, 0) is 104 Å². The molecule has 6 aromatic rings. The number of amides is 4. The first-order chi connectivity index (χ1) is 35.3. The molecule has 0 radical (unpaired) electrons. The van der Waals surface area contributed by atoms with Gasteiger partial charge in [-0.3, -0.25) is 34.4 Å². The third-order valence-corrected chi connectivity index (χ3v) is 11.8. The Labute approximate surface area is 422 Å². The molecule has 0 aliphatic carbocycles. The van der Waals surface area contributed by atoms with Crippen LogP contribution >= 0.6 is 11.6 Å². The summed E-state index contributed by atoms with van der Waals surface area (Å²) in [6.45, 7) is 7.07. The number of H-pyrrole nitrogens is 2. The maximum absolute atomic E-state index is 13.7. The molecule has 1 saturated heterocycles. The fourth-order valence-electron chi connectivity index (χ4n) is 7.99. The van der Waals surface area contributed by atoms with Crippen LogP contribution in [0.25, 0.3) is 28.2 Å². The number of halogens is 4. The van der Waals surface area contributed by atoms with E-state index < -0.39 is 23.7 Å². The van der Waals surface area contributed by atoms with Gasteiger partial charge in [0.1, 0.15) is 24.1 Å². The minimum Gasteiger partial charge on any atom is -0.494 e. The molecule has 388 valence electrons. The highest BCUT2D eigenvalue weighted by molar-refractivity contribution is 6.31. The maximum atomic E-state index is 13.7. The van der Waals surface area contributed by atoms with Crippen molar-refractivity contribution in [2.45, 2.75) is 51.4 Å². The monoisotopic (exact) mass is 1030 g/mol. The van der Waals surface area contributed by atoms with Gasteiger partial charge in [-0.2, -0.15) is 17.9 Å². The molecule has 2 aliphatic heterocycles. The highest BCUT2D eigenvalue weighted by Crippen LogP contribution is 2.33. The number of alkyl halides is 3. The Morgan fingerprint density at radius 2 is 1.47 bits per heavy atom. The molecule has 4 aromatic carbocycles. The van der Waals surface area contributed by atoms with Gasteiger partial charge >= 0.3 is 6.18 Å². The summed E-state index contributed by atoms with van der Waals surface area (Å²) in [5.74, 6) is 0.766. The van der Waals surface area contributed by atoms with Crippen LogP contribution in [0.3, 0.4) is 0 Å². The third kappa shape index (κ3) is 14.8. The number of hydrogen-bond acceptors (Lipinski definition) is 12. The van der Waals surface area contributed by atoms with Crippen molar-refractivity contribution >= 4 is 46.8 Å². The summed E-state index contributed by atoms with van der Waals surface area (Å²) in [6.07, 6.45) is -2.42. The summed E-state index contributed by atoms with van der Waals surface area (Å²) in [4.78, 5) is 68.5. The molecule has 4 N–H and O–H groups in total. The van der Waals surface area contributed by atoms with E-state index >= 15 is 0 Å². The summed E-state index contributed by atoms with van der Waals surface area (Å²) >= 11 is 6.12. The van der Waals surface area contributed by atoms with E-state index in [1.807, 2.05) is 37.3 Å². The summed E-state index contributed by atoms with van der Waals surface area (Å²) in [5.41, 5.74) is 3.70. The van der Waals surface area contributed by atoms with Gasteiger partial charge in [0.2, 0.25) is 24.2 Å². The Morgan fingerprint density at radius 3 is 2.12 bits per heavy atom. The van der Waals surface area contributed by atoms with Crippen molar-refractivity contribution in [1.82, 2.24) is 35.3 Å². The van der Waals surface area contributed by atoms with Crippen LogP contribution in [0.1, 0.15) is 52.4 Å². The lowest BCUT2D eigenvalue weighted by Gasteiger charge is -2.29. The van der Waals surface area contributed by atoms with Gasteiger partial charge in [0, 0.05) is 35.7 Å². The SMILES string of the molecule is CCOc1ccc2c(c1)CN(C1CCC(=O)NC1=O)C2=O.O=CNCCOCCOCCOCCOCCOc1ccc(CCc2c(-c3ccc(C(F)(F)F)cc3)[nH]n(-c3nc4ccc(Cl)cc4[nH]3)c2=O)cc1. The minimum atomic E-state index is -4.49. The highest BCUT2D eigenvalue weighted by Gasteiger charge is 2.39. The zero-order valence-corrected chi connectivity index (χ0v) is 40.7. The first kappa shape index (κ1) is 53.8. The van der Waals surface area contributed by atoms with Crippen molar-refractivity contribution in [3.05, 3.63) is 128 Å². The van der Waals surface area contributed by atoms with E-state index in [4.69, 9.17) is 40.0 Å². The van der Waals surface area contributed by atoms with Gasteiger partial charge in [0.25, 0.3) is 11.5 Å². The van der Waals surface area contributed by atoms with Crippen LogP contribution < -0.4 is 25.7 Å². The lowest BCUT2D eigenvalue weighted by molar-refractivity contribution is -0.138. The van der Waals surface area contributed by atoms with E-state index in [9.17, 15) is 37.1 Å². The average Bonchev–Trinajstić information content (AvgIpc) is 4.05. The molecule has 22 heteroatoms. The average molecular weight is 1030 g/mol. The first-order valence-electron chi connectivity index (χ1n) is 23.6. The summed E-state index contributed by atoms with van der Waals surface area (Å²) < 4.78 is 73.9. The zero-order valence-electron chi connectivity index (χ0n) is 39.9. The van der Waals surface area contributed by atoms with E-state index in [-0.39, 0.29) is 29.7 Å². The number of carbonyl (C=O) groups is 4. The molecule has 73 heavy (non-hydrogen) atoms. The number of piperidine rings is 1. The predicted octanol–water partition coefficient (Wildman–Crippen LogP) is 6.20. The van der Waals surface area contributed by atoms with Crippen LogP contribution in [0.4, 0.5) is 13.2 Å². The number of imide groups is 1. The molecule has 1 fully saturated rings. The Morgan fingerprint density at radius 1 is 0.795 bits per heavy atom. The number of nitrogens with one attached hydrogen (secondary N) is 4. The number of hydrogen-bond donors (Lipinski definition) is 4. The standard InChI is InChI=1S/C36H39ClF3N5O7.C15H16N2O4/c37-28-8-12-31-32(23-28)43-35(42-31)45-34(47)30(33(44-45)26-4-6-27(7-5-26)36(38,39)40)11-3-25-1-9-29(10-2-25)52-22-21-51-20-19-50-18-17-49-16-15-48-14-13-41-24-46;1-2-21-10-3-4-11-9(7-10)8-17(15(11)20)12-5-6-13(18)16-14(12)19/h1-2,4-10,12,23-24,44H,3,11,13-22H2,(H,41,46)(H,42,43);3-4,7,12H,2,5-6,8H2,1H3,(H,16,18,19). The molecule has 2 aromatic heterocycles. The maximum Gasteiger partial charge on any atom is 0.416 e. The number of aromatic nitrogens is 4. The van der Waals surface area contributed by atoms with Crippen molar-refractivity contribution in [2.24, 2.45) is 0 Å². The zero-order chi connectivity index (χ0) is 51.7. The fraction of sp³-hybridized carbons (Fsp3) is 0.373. The summed E-state index contributed by atoms with van der Waals surface area (Å²) in [5, 5.41) is 8.36. The van der Waals surface area contributed by atoms with Gasteiger partial charge in [0.15, 0.2) is 0 Å². The second-order valence-electron chi connectivity index (χ2n) is 16.6. The van der Waals surface area contributed by atoms with Crippen molar-refractivity contribution in [1.29, 1.82) is 0 Å². The molecule has 0 saturated carbocycles. The van der Waals surface area contributed by atoms with Gasteiger partial charge in [-0.15, -0.1) is 0 Å². The number of fused-ring (bicyclic) bond motifs is 2. The smallest absolute Gasteiger partial charge is 0.416 e. The molecular formula is C51H55ClF3N7O11. The van der Waals surface area contributed by atoms with Crippen LogP contribution in [0.2, 0.25) is 5.02 Å². The second-order valence-corrected chi connectivity index (χ2v) is 17.0. The topological polar surface area (TPSA) is 217 Å². The Kier molecular flexibility index (Phi) is 19.2.